The van der Waals surface area contributed by atoms with Crippen LogP contribution in [0.3, 0.4) is 0 Å². The SMILES string of the molecule is COc1cccc(S(=O)(=O)NCc2cccc(C3=NOC(O)(C(F)(F)F)C3)c2)c1. The highest BCUT2D eigenvalue weighted by atomic mass is 32.2. The molecule has 1 unspecified atom stereocenters. The van der Waals surface area contributed by atoms with Crippen molar-refractivity contribution in [3.8, 4) is 5.75 Å². The van der Waals surface area contributed by atoms with Gasteiger partial charge in [-0.25, -0.2) is 13.1 Å². The van der Waals surface area contributed by atoms with Crippen molar-refractivity contribution in [2.75, 3.05) is 7.11 Å². The van der Waals surface area contributed by atoms with E-state index >= 15 is 0 Å². The molecular formula is C18H17F3N2O5S. The number of sulfonamides is 1. The van der Waals surface area contributed by atoms with Crippen molar-refractivity contribution >= 4 is 15.7 Å². The predicted octanol–water partition coefficient (Wildman–Crippen LogP) is 2.55. The van der Waals surface area contributed by atoms with Crippen LogP contribution in [-0.4, -0.2) is 38.3 Å². The lowest BCUT2D eigenvalue weighted by molar-refractivity contribution is -0.355. The number of nitrogens with one attached hydrogen (secondary N) is 1. The average molecular weight is 430 g/mol. The molecule has 0 bridgehead atoms. The Hall–Kier alpha value is -2.63. The number of oxime groups is 1. The van der Waals surface area contributed by atoms with Crippen molar-refractivity contribution in [3.63, 3.8) is 0 Å². The van der Waals surface area contributed by atoms with E-state index in [1.807, 2.05) is 0 Å². The van der Waals surface area contributed by atoms with Crippen LogP contribution in [0.25, 0.3) is 0 Å². The van der Waals surface area contributed by atoms with Crippen molar-refractivity contribution in [3.05, 3.63) is 59.7 Å². The number of hydrogen-bond acceptors (Lipinski definition) is 6. The maximum atomic E-state index is 12.8. The second-order valence-corrected chi connectivity index (χ2v) is 8.06. The molecule has 156 valence electrons. The smallest absolute Gasteiger partial charge is 0.458 e. The first-order chi connectivity index (χ1) is 13.5. The Morgan fingerprint density at radius 3 is 2.62 bits per heavy atom. The second-order valence-electron chi connectivity index (χ2n) is 6.29. The van der Waals surface area contributed by atoms with E-state index in [1.165, 1.54) is 43.5 Å². The fraction of sp³-hybridized carbons (Fsp3) is 0.278. The van der Waals surface area contributed by atoms with Crippen LogP contribution in [0.15, 0.2) is 58.6 Å². The zero-order valence-corrected chi connectivity index (χ0v) is 15.9. The van der Waals surface area contributed by atoms with E-state index in [0.717, 1.165) is 0 Å². The van der Waals surface area contributed by atoms with Gasteiger partial charge in [-0.15, -0.1) is 0 Å². The van der Waals surface area contributed by atoms with Gasteiger partial charge in [-0.3, -0.25) is 0 Å². The Morgan fingerprint density at radius 1 is 1.24 bits per heavy atom. The van der Waals surface area contributed by atoms with Crippen LogP contribution in [0.1, 0.15) is 17.5 Å². The number of benzene rings is 2. The molecule has 2 aromatic carbocycles. The van der Waals surface area contributed by atoms with Crippen LogP contribution in [-0.2, 0) is 21.4 Å². The molecule has 1 heterocycles. The molecule has 7 nitrogen and oxygen atoms in total. The van der Waals surface area contributed by atoms with Crippen LogP contribution >= 0.6 is 0 Å². The molecule has 29 heavy (non-hydrogen) atoms. The first-order valence-corrected chi connectivity index (χ1v) is 9.79. The summed E-state index contributed by atoms with van der Waals surface area (Å²) in [6, 6.07) is 12.0. The quantitative estimate of drug-likeness (QED) is 0.734. The van der Waals surface area contributed by atoms with E-state index in [9.17, 15) is 26.7 Å². The van der Waals surface area contributed by atoms with Crippen molar-refractivity contribution in [2.24, 2.45) is 5.16 Å². The number of nitrogens with zero attached hydrogens (tertiary/aromatic N) is 1. The lowest BCUT2D eigenvalue weighted by Crippen LogP contribution is -2.45. The number of methoxy groups -OCH3 is 1. The summed E-state index contributed by atoms with van der Waals surface area (Å²) in [5.41, 5.74) is 0.671. The van der Waals surface area contributed by atoms with Gasteiger partial charge in [0.1, 0.15) is 5.75 Å². The first-order valence-electron chi connectivity index (χ1n) is 8.31. The maximum Gasteiger partial charge on any atom is 0.458 e. The molecule has 0 saturated carbocycles. The van der Waals surface area contributed by atoms with Gasteiger partial charge < -0.3 is 14.7 Å². The van der Waals surface area contributed by atoms with E-state index in [2.05, 4.69) is 14.7 Å². The first kappa shape index (κ1) is 21.1. The summed E-state index contributed by atoms with van der Waals surface area (Å²) in [6.07, 6.45) is -5.86. The summed E-state index contributed by atoms with van der Waals surface area (Å²) < 4.78 is 70.8. The van der Waals surface area contributed by atoms with E-state index in [-0.39, 0.29) is 22.7 Å². The van der Waals surface area contributed by atoms with Crippen molar-refractivity contribution in [2.45, 2.75) is 29.8 Å². The number of ether oxygens (including phenoxy) is 1. The topological polar surface area (TPSA) is 97.2 Å². The van der Waals surface area contributed by atoms with Crippen LogP contribution in [0.4, 0.5) is 13.2 Å². The Morgan fingerprint density at radius 2 is 1.97 bits per heavy atom. The minimum Gasteiger partial charge on any atom is -0.497 e. The molecule has 2 aromatic rings. The van der Waals surface area contributed by atoms with Gasteiger partial charge in [-0.2, -0.15) is 13.2 Å². The predicted molar refractivity (Wildman–Crippen MR) is 96.7 cm³/mol. The summed E-state index contributed by atoms with van der Waals surface area (Å²) in [7, 11) is -2.42. The average Bonchev–Trinajstić information content (AvgIpc) is 3.10. The molecule has 0 saturated heterocycles. The summed E-state index contributed by atoms with van der Waals surface area (Å²) in [6.45, 7) is -0.106. The largest absolute Gasteiger partial charge is 0.497 e. The Bertz CT molecular complexity index is 1040. The molecule has 1 aliphatic heterocycles. The van der Waals surface area contributed by atoms with Gasteiger partial charge in [0.15, 0.2) is 0 Å². The molecule has 0 aromatic heterocycles. The summed E-state index contributed by atoms with van der Waals surface area (Å²) in [5.74, 6) is -2.99. The Balaban J connectivity index is 1.72. The minimum atomic E-state index is -5.00. The summed E-state index contributed by atoms with van der Waals surface area (Å²) in [4.78, 5) is 4.21. The summed E-state index contributed by atoms with van der Waals surface area (Å²) in [5, 5.41) is 12.9. The summed E-state index contributed by atoms with van der Waals surface area (Å²) >= 11 is 0. The fourth-order valence-electron chi connectivity index (χ4n) is 2.62. The van der Waals surface area contributed by atoms with E-state index in [4.69, 9.17) is 4.74 Å². The zero-order chi connectivity index (χ0) is 21.3. The molecule has 11 heteroatoms. The van der Waals surface area contributed by atoms with Crippen molar-refractivity contribution < 1.29 is 36.3 Å². The number of halogens is 3. The van der Waals surface area contributed by atoms with E-state index < -0.39 is 28.4 Å². The van der Waals surface area contributed by atoms with Crippen LogP contribution in [0, 0.1) is 0 Å². The third-order valence-corrected chi connectivity index (χ3v) is 5.63. The highest BCUT2D eigenvalue weighted by Crippen LogP contribution is 2.39. The molecule has 3 rings (SSSR count). The van der Waals surface area contributed by atoms with Gasteiger partial charge in [0.25, 0.3) is 0 Å². The third-order valence-electron chi connectivity index (χ3n) is 4.23. The second kappa shape index (κ2) is 7.65. The zero-order valence-electron chi connectivity index (χ0n) is 15.1. The molecule has 1 atom stereocenters. The highest BCUT2D eigenvalue weighted by molar-refractivity contribution is 7.89. The van der Waals surface area contributed by atoms with E-state index in [0.29, 0.717) is 11.3 Å². The highest BCUT2D eigenvalue weighted by Gasteiger charge is 2.60. The number of aliphatic hydroxyl groups is 1. The van der Waals surface area contributed by atoms with Gasteiger partial charge in [0, 0.05) is 12.6 Å². The normalized spacial score (nSPS) is 19.6. The van der Waals surface area contributed by atoms with Crippen molar-refractivity contribution in [1.29, 1.82) is 0 Å². The molecule has 1 aliphatic rings. The van der Waals surface area contributed by atoms with Gasteiger partial charge in [0.2, 0.25) is 10.0 Å². The lowest BCUT2D eigenvalue weighted by atomic mass is 10.0. The molecule has 0 aliphatic carbocycles. The molecule has 2 N–H and O–H groups in total. The van der Waals surface area contributed by atoms with Crippen LogP contribution in [0.2, 0.25) is 0 Å². The maximum absolute atomic E-state index is 12.8. The third kappa shape index (κ3) is 4.52. The lowest BCUT2D eigenvalue weighted by Gasteiger charge is -2.22. The molecular weight excluding hydrogens is 413 g/mol. The van der Waals surface area contributed by atoms with Crippen LogP contribution < -0.4 is 9.46 Å². The minimum absolute atomic E-state index is 0.0109. The van der Waals surface area contributed by atoms with Gasteiger partial charge >= 0.3 is 12.0 Å². The molecule has 0 radical (unpaired) electrons. The van der Waals surface area contributed by atoms with E-state index in [1.54, 1.807) is 12.1 Å². The number of hydrogen-bond donors (Lipinski definition) is 2. The van der Waals surface area contributed by atoms with Gasteiger partial charge in [-0.05, 0) is 29.3 Å². The standard InChI is InChI=1S/C18H17F3N2O5S/c1-27-14-6-3-7-15(9-14)29(25,26)22-11-12-4-2-5-13(8-12)16-10-17(24,28-23-16)18(19,20)21/h2-9,22,24H,10-11H2,1H3. The Labute approximate surface area is 164 Å². The van der Waals surface area contributed by atoms with Crippen molar-refractivity contribution in [1.82, 2.24) is 4.72 Å². The van der Waals surface area contributed by atoms with Gasteiger partial charge in [0.05, 0.1) is 24.1 Å². The fourth-order valence-corrected chi connectivity index (χ4v) is 3.67. The Kier molecular flexibility index (Phi) is 5.57. The van der Waals surface area contributed by atoms with Gasteiger partial charge in [-0.1, -0.05) is 29.4 Å². The molecule has 0 spiro atoms. The number of alkyl halides is 3. The monoisotopic (exact) mass is 430 g/mol. The molecule has 0 fully saturated rings. The molecule has 0 amide bonds. The number of rotatable bonds is 6. The van der Waals surface area contributed by atoms with Crippen LogP contribution in [0.5, 0.6) is 5.75 Å².